The Bertz CT molecular complexity index is 515. The van der Waals surface area contributed by atoms with Crippen LogP contribution in [-0.2, 0) is 6.42 Å². The van der Waals surface area contributed by atoms with Crippen molar-refractivity contribution in [3.05, 3.63) is 54.1 Å². The Hall–Kier alpha value is -1.50. The molecule has 1 heteroatoms. The summed E-state index contributed by atoms with van der Waals surface area (Å²) in [6.45, 7) is 8.05. The van der Waals surface area contributed by atoms with Gasteiger partial charge in [0.1, 0.15) is 5.75 Å². The predicted octanol–water partition coefficient (Wildman–Crippen LogP) is 4.59. The van der Waals surface area contributed by atoms with Crippen molar-refractivity contribution in [2.75, 3.05) is 7.11 Å². The lowest BCUT2D eigenvalue weighted by molar-refractivity contribution is 0.376. The minimum atomic E-state index is 0.490. The number of ether oxygens (including phenoxy) is 1. The molecule has 0 bridgehead atoms. The zero-order chi connectivity index (χ0) is 13.4. The van der Waals surface area contributed by atoms with Crippen LogP contribution in [0.25, 0.3) is 0 Å². The normalized spacial score (nSPS) is 28.4. The van der Waals surface area contributed by atoms with E-state index < -0.39 is 0 Å². The fourth-order valence-corrected chi connectivity index (χ4v) is 3.93. The molecular formula is C18H22O. The fraction of sp³-hybridized carbons (Fsp3) is 0.444. The van der Waals surface area contributed by atoms with Crippen molar-refractivity contribution in [3.8, 4) is 5.75 Å². The summed E-state index contributed by atoms with van der Waals surface area (Å²) in [5.74, 6) is 2.80. The molecule has 1 nitrogen and oxygen atoms in total. The van der Waals surface area contributed by atoms with Gasteiger partial charge in [0.2, 0.25) is 0 Å². The molecule has 1 aromatic carbocycles. The van der Waals surface area contributed by atoms with Crippen LogP contribution in [0.1, 0.15) is 47.8 Å². The molecule has 0 radical (unpaired) electrons. The zero-order valence-electron chi connectivity index (χ0n) is 11.7. The molecule has 0 unspecified atom stereocenters. The monoisotopic (exact) mass is 254 g/mol. The smallest absolute Gasteiger partial charge is 0.119 e. The third-order valence-corrected chi connectivity index (χ3v) is 4.92. The quantitative estimate of drug-likeness (QED) is 0.717. The van der Waals surface area contributed by atoms with E-state index >= 15 is 0 Å². The molecule has 0 fully saturated rings. The van der Waals surface area contributed by atoms with Gasteiger partial charge in [0.25, 0.3) is 0 Å². The Morgan fingerprint density at radius 3 is 2.68 bits per heavy atom. The number of allylic oxidation sites excluding steroid dienone is 2. The average Bonchev–Trinajstić information content (AvgIpc) is 2.47. The molecule has 3 atom stereocenters. The van der Waals surface area contributed by atoms with E-state index in [1.807, 2.05) is 0 Å². The van der Waals surface area contributed by atoms with Crippen LogP contribution in [0.5, 0.6) is 5.75 Å². The molecule has 19 heavy (non-hydrogen) atoms. The number of aryl methyl sites for hydroxylation is 1. The summed E-state index contributed by atoms with van der Waals surface area (Å²) in [5, 5.41) is 0. The first-order valence-electron chi connectivity index (χ1n) is 7.24. The van der Waals surface area contributed by atoms with Crippen LogP contribution in [0.4, 0.5) is 0 Å². The summed E-state index contributed by atoms with van der Waals surface area (Å²) in [6, 6.07) is 4.46. The Kier molecular flexibility index (Phi) is 3.22. The summed E-state index contributed by atoms with van der Waals surface area (Å²) in [5.41, 5.74) is 4.52. The van der Waals surface area contributed by atoms with Gasteiger partial charge in [0, 0.05) is 5.92 Å². The van der Waals surface area contributed by atoms with Crippen LogP contribution in [0, 0.1) is 5.92 Å². The first kappa shape index (κ1) is 12.5. The van der Waals surface area contributed by atoms with Crippen molar-refractivity contribution in [2.45, 2.75) is 37.5 Å². The van der Waals surface area contributed by atoms with Crippen molar-refractivity contribution < 1.29 is 4.74 Å². The van der Waals surface area contributed by atoms with Gasteiger partial charge in [-0.2, -0.15) is 0 Å². The van der Waals surface area contributed by atoms with Gasteiger partial charge in [-0.1, -0.05) is 12.2 Å². The predicted molar refractivity (Wildman–Crippen MR) is 79.9 cm³/mol. The lowest BCUT2D eigenvalue weighted by Crippen LogP contribution is -2.25. The topological polar surface area (TPSA) is 9.23 Å². The minimum absolute atomic E-state index is 0.490. The first-order valence-corrected chi connectivity index (χ1v) is 7.24. The summed E-state index contributed by atoms with van der Waals surface area (Å²) in [6.07, 6.45) is 9.11. The van der Waals surface area contributed by atoms with Crippen LogP contribution < -0.4 is 4.74 Å². The van der Waals surface area contributed by atoms with Crippen molar-refractivity contribution in [3.63, 3.8) is 0 Å². The number of hydrogen-bond donors (Lipinski definition) is 0. The van der Waals surface area contributed by atoms with E-state index in [-0.39, 0.29) is 0 Å². The second kappa shape index (κ2) is 4.88. The molecule has 0 saturated heterocycles. The van der Waals surface area contributed by atoms with Crippen molar-refractivity contribution in [1.82, 2.24) is 0 Å². The SMILES string of the molecule is C=C[C@@H]1CCc2cc(OC)cc3c2[C@H]1CC[C@@H]3C=C. The molecule has 0 saturated carbocycles. The zero-order valence-corrected chi connectivity index (χ0v) is 11.7. The molecule has 0 spiro atoms. The average molecular weight is 254 g/mol. The molecule has 0 N–H and O–H groups in total. The Balaban J connectivity index is 2.17. The molecule has 0 amide bonds. The van der Waals surface area contributed by atoms with Gasteiger partial charge < -0.3 is 4.74 Å². The Morgan fingerprint density at radius 1 is 1.16 bits per heavy atom. The number of rotatable bonds is 3. The molecule has 0 heterocycles. The molecular weight excluding hydrogens is 232 g/mol. The maximum atomic E-state index is 5.47. The second-order valence-corrected chi connectivity index (χ2v) is 5.75. The molecule has 0 aromatic heterocycles. The summed E-state index contributed by atoms with van der Waals surface area (Å²) < 4.78 is 5.47. The van der Waals surface area contributed by atoms with E-state index in [0.29, 0.717) is 17.8 Å². The first-order chi connectivity index (χ1) is 9.28. The van der Waals surface area contributed by atoms with Gasteiger partial charge in [-0.05, 0) is 66.3 Å². The highest BCUT2D eigenvalue weighted by Crippen LogP contribution is 2.50. The number of benzene rings is 1. The molecule has 2 aliphatic carbocycles. The highest BCUT2D eigenvalue weighted by molar-refractivity contribution is 5.50. The van der Waals surface area contributed by atoms with Gasteiger partial charge in [-0.3, -0.25) is 0 Å². The fourth-order valence-electron chi connectivity index (χ4n) is 3.93. The number of hydrogen-bond acceptors (Lipinski definition) is 1. The van der Waals surface area contributed by atoms with Crippen LogP contribution in [0.2, 0.25) is 0 Å². The van der Waals surface area contributed by atoms with E-state index in [0.717, 1.165) is 12.2 Å². The molecule has 100 valence electrons. The Morgan fingerprint density at radius 2 is 2.00 bits per heavy atom. The van der Waals surface area contributed by atoms with E-state index in [4.69, 9.17) is 4.74 Å². The lowest BCUT2D eigenvalue weighted by Gasteiger charge is -2.39. The third-order valence-electron chi connectivity index (χ3n) is 4.92. The molecule has 2 aliphatic rings. The lowest BCUT2D eigenvalue weighted by atomic mass is 9.65. The van der Waals surface area contributed by atoms with Gasteiger partial charge in [-0.15, -0.1) is 13.2 Å². The van der Waals surface area contributed by atoms with Crippen molar-refractivity contribution in [1.29, 1.82) is 0 Å². The highest BCUT2D eigenvalue weighted by Gasteiger charge is 2.35. The molecule has 3 rings (SSSR count). The summed E-state index contributed by atoms with van der Waals surface area (Å²) >= 11 is 0. The summed E-state index contributed by atoms with van der Waals surface area (Å²) in [4.78, 5) is 0. The maximum Gasteiger partial charge on any atom is 0.119 e. The van der Waals surface area contributed by atoms with Gasteiger partial charge in [0.05, 0.1) is 7.11 Å². The Labute approximate surface area is 116 Å². The van der Waals surface area contributed by atoms with E-state index in [1.54, 1.807) is 12.7 Å². The minimum Gasteiger partial charge on any atom is -0.497 e. The van der Waals surface area contributed by atoms with Crippen molar-refractivity contribution in [2.24, 2.45) is 5.92 Å². The third kappa shape index (κ3) is 1.92. The van der Waals surface area contributed by atoms with Crippen LogP contribution in [0.15, 0.2) is 37.4 Å². The van der Waals surface area contributed by atoms with Gasteiger partial charge in [0.15, 0.2) is 0 Å². The summed E-state index contributed by atoms with van der Waals surface area (Å²) in [7, 11) is 1.76. The van der Waals surface area contributed by atoms with Gasteiger partial charge in [-0.25, -0.2) is 0 Å². The van der Waals surface area contributed by atoms with E-state index in [2.05, 4.69) is 37.4 Å². The van der Waals surface area contributed by atoms with Gasteiger partial charge >= 0.3 is 0 Å². The maximum absolute atomic E-state index is 5.47. The largest absolute Gasteiger partial charge is 0.497 e. The number of methoxy groups -OCH3 is 1. The van der Waals surface area contributed by atoms with E-state index in [1.165, 1.54) is 30.4 Å². The second-order valence-electron chi connectivity index (χ2n) is 5.75. The molecule has 0 aliphatic heterocycles. The molecule has 1 aromatic rings. The van der Waals surface area contributed by atoms with Crippen molar-refractivity contribution >= 4 is 0 Å². The van der Waals surface area contributed by atoms with Crippen LogP contribution in [0.3, 0.4) is 0 Å². The standard InChI is InChI=1S/C18H22O/c1-4-12-6-7-14-10-15(19-3)11-17-13(5-2)8-9-16(12)18(14)17/h4-5,10-13,16H,1-2,6-9H2,3H3/t12-,13+,16+/m1/s1. The van der Waals surface area contributed by atoms with Crippen LogP contribution >= 0.6 is 0 Å². The van der Waals surface area contributed by atoms with E-state index in [9.17, 15) is 0 Å². The highest BCUT2D eigenvalue weighted by atomic mass is 16.5. The van der Waals surface area contributed by atoms with Crippen LogP contribution in [-0.4, -0.2) is 7.11 Å².